The lowest BCUT2D eigenvalue weighted by atomic mass is 10.2. The van der Waals surface area contributed by atoms with E-state index in [9.17, 15) is 0 Å². The van der Waals surface area contributed by atoms with E-state index in [0.29, 0.717) is 11.0 Å². The average molecular weight is 296 g/mol. The van der Waals surface area contributed by atoms with Gasteiger partial charge >= 0.3 is 0 Å². The molecule has 0 saturated heterocycles. The van der Waals surface area contributed by atoms with Crippen LogP contribution in [0.1, 0.15) is 0 Å². The molecule has 1 aromatic heterocycles. The molecule has 0 atom stereocenters. The molecule has 0 bridgehead atoms. The van der Waals surface area contributed by atoms with Crippen molar-refractivity contribution in [2.24, 2.45) is 0 Å². The molecule has 3 aromatic rings. The number of hydrogen-bond donors (Lipinski definition) is 0. The quantitative estimate of drug-likeness (QED) is 0.663. The predicted molar refractivity (Wildman–Crippen MR) is 87.0 cm³/mol. The number of halogens is 1. The fourth-order valence-corrected chi connectivity index (χ4v) is 2.26. The van der Waals surface area contributed by atoms with Gasteiger partial charge in [-0.3, -0.25) is 0 Å². The zero-order valence-electron chi connectivity index (χ0n) is 11.6. The van der Waals surface area contributed by atoms with Gasteiger partial charge in [0.25, 0.3) is 0 Å². The first-order chi connectivity index (χ1) is 10.2. The van der Waals surface area contributed by atoms with E-state index in [1.165, 1.54) is 0 Å². The summed E-state index contributed by atoms with van der Waals surface area (Å²) in [5.41, 5.74) is 1.99. The molecule has 0 saturated carbocycles. The van der Waals surface area contributed by atoms with E-state index in [1.807, 2.05) is 72.6 Å². The van der Waals surface area contributed by atoms with Crippen molar-refractivity contribution < 1.29 is 0 Å². The minimum Gasteiger partial charge on any atom is -0.329 e. The van der Waals surface area contributed by atoms with Gasteiger partial charge in [0.2, 0.25) is 0 Å². The molecule has 0 N–H and O–H groups in total. The Morgan fingerprint density at radius 2 is 1.48 bits per heavy atom. The third-order valence-electron chi connectivity index (χ3n) is 3.20. The first-order valence-corrected chi connectivity index (χ1v) is 7.00. The highest BCUT2D eigenvalue weighted by Crippen LogP contribution is 2.26. The fourth-order valence-electron chi connectivity index (χ4n) is 2.08. The first kappa shape index (κ1) is 13.6. The maximum absolute atomic E-state index is 6.15. The van der Waals surface area contributed by atoms with Crippen molar-refractivity contribution in [3.05, 3.63) is 71.9 Å². The van der Waals surface area contributed by atoms with Gasteiger partial charge in [-0.05, 0) is 12.1 Å². The molecule has 3 rings (SSSR count). The van der Waals surface area contributed by atoms with Crippen molar-refractivity contribution in [2.75, 3.05) is 11.9 Å². The van der Waals surface area contributed by atoms with Crippen LogP contribution in [0.3, 0.4) is 0 Å². The summed E-state index contributed by atoms with van der Waals surface area (Å²) in [6.07, 6.45) is 0. The van der Waals surface area contributed by atoms with Crippen LogP contribution in [0.15, 0.2) is 66.7 Å². The van der Waals surface area contributed by atoms with Gasteiger partial charge in [0, 0.05) is 24.4 Å². The molecular formula is C17H14ClN3. The van der Waals surface area contributed by atoms with E-state index in [0.717, 1.165) is 17.1 Å². The summed E-state index contributed by atoms with van der Waals surface area (Å²) < 4.78 is 0. The van der Waals surface area contributed by atoms with Gasteiger partial charge in [-0.15, -0.1) is 0 Å². The number of benzene rings is 2. The molecular weight excluding hydrogens is 282 g/mol. The second kappa shape index (κ2) is 5.94. The Morgan fingerprint density at radius 3 is 2.14 bits per heavy atom. The zero-order valence-corrected chi connectivity index (χ0v) is 12.3. The Kier molecular flexibility index (Phi) is 3.84. The molecule has 0 spiro atoms. The molecule has 0 fully saturated rings. The van der Waals surface area contributed by atoms with Crippen LogP contribution >= 0.6 is 11.6 Å². The lowest BCUT2D eigenvalue weighted by Crippen LogP contribution is -2.12. The fraction of sp³-hybridized carbons (Fsp3) is 0.0588. The monoisotopic (exact) mass is 295 g/mol. The van der Waals surface area contributed by atoms with Gasteiger partial charge in [0.05, 0.1) is 0 Å². The number of rotatable bonds is 3. The lowest BCUT2D eigenvalue weighted by Gasteiger charge is -2.19. The Labute approximate surface area is 128 Å². The first-order valence-electron chi connectivity index (χ1n) is 6.63. The molecule has 21 heavy (non-hydrogen) atoms. The standard InChI is InChI=1S/C17H14ClN3/c1-21(14-10-6-3-7-11-14)16-12-15(18)19-17(20-16)13-8-4-2-5-9-13/h2-12H,1H3. The summed E-state index contributed by atoms with van der Waals surface area (Å²) in [5, 5.41) is 0.432. The largest absolute Gasteiger partial charge is 0.329 e. The number of anilines is 2. The van der Waals surface area contributed by atoms with Crippen LogP contribution in [0, 0.1) is 0 Å². The van der Waals surface area contributed by atoms with Gasteiger partial charge in [-0.25, -0.2) is 9.97 Å². The molecule has 0 unspecified atom stereocenters. The second-order valence-corrected chi connectivity index (χ2v) is 5.02. The molecule has 0 aliphatic rings. The number of hydrogen-bond acceptors (Lipinski definition) is 3. The SMILES string of the molecule is CN(c1ccccc1)c1cc(Cl)nc(-c2ccccc2)n1. The smallest absolute Gasteiger partial charge is 0.163 e. The van der Waals surface area contributed by atoms with Gasteiger partial charge in [0.15, 0.2) is 5.82 Å². The van der Waals surface area contributed by atoms with E-state index in [4.69, 9.17) is 11.6 Å². The van der Waals surface area contributed by atoms with Crippen LogP contribution in [-0.2, 0) is 0 Å². The van der Waals surface area contributed by atoms with Crippen molar-refractivity contribution in [1.82, 2.24) is 9.97 Å². The van der Waals surface area contributed by atoms with Crippen LogP contribution < -0.4 is 4.90 Å². The molecule has 0 radical (unpaired) electrons. The summed E-state index contributed by atoms with van der Waals surface area (Å²) in [4.78, 5) is 10.9. The van der Waals surface area contributed by atoms with Crippen LogP contribution in [0.2, 0.25) is 5.15 Å². The number of nitrogens with zero attached hydrogens (tertiary/aromatic N) is 3. The van der Waals surface area contributed by atoms with Gasteiger partial charge in [0.1, 0.15) is 11.0 Å². The Bertz CT molecular complexity index is 730. The summed E-state index contributed by atoms with van der Waals surface area (Å²) in [5.74, 6) is 1.39. The molecule has 4 heteroatoms. The van der Waals surface area contributed by atoms with Crippen molar-refractivity contribution in [3.8, 4) is 11.4 Å². The summed E-state index contributed by atoms with van der Waals surface area (Å²) in [6, 6.07) is 21.6. The summed E-state index contributed by atoms with van der Waals surface area (Å²) in [7, 11) is 1.96. The Balaban J connectivity index is 2.02. The van der Waals surface area contributed by atoms with Crippen molar-refractivity contribution in [3.63, 3.8) is 0 Å². The molecule has 0 aliphatic carbocycles. The van der Waals surface area contributed by atoms with Crippen LogP contribution in [0.25, 0.3) is 11.4 Å². The van der Waals surface area contributed by atoms with E-state index in [2.05, 4.69) is 9.97 Å². The molecule has 104 valence electrons. The van der Waals surface area contributed by atoms with Crippen LogP contribution in [-0.4, -0.2) is 17.0 Å². The Morgan fingerprint density at radius 1 is 0.857 bits per heavy atom. The minimum absolute atomic E-state index is 0.432. The van der Waals surface area contributed by atoms with E-state index in [1.54, 1.807) is 6.07 Å². The van der Waals surface area contributed by atoms with Crippen LogP contribution in [0.5, 0.6) is 0 Å². The highest BCUT2D eigenvalue weighted by Gasteiger charge is 2.10. The van der Waals surface area contributed by atoms with Gasteiger partial charge in [-0.2, -0.15) is 0 Å². The minimum atomic E-state index is 0.432. The van der Waals surface area contributed by atoms with Crippen molar-refractivity contribution in [2.45, 2.75) is 0 Å². The van der Waals surface area contributed by atoms with Crippen LogP contribution in [0.4, 0.5) is 11.5 Å². The van der Waals surface area contributed by atoms with E-state index in [-0.39, 0.29) is 0 Å². The number of aromatic nitrogens is 2. The molecule has 0 amide bonds. The second-order valence-electron chi connectivity index (χ2n) is 4.63. The maximum Gasteiger partial charge on any atom is 0.163 e. The normalized spacial score (nSPS) is 10.4. The lowest BCUT2D eigenvalue weighted by molar-refractivity contribution is 1.09. The van der Waals surface area contributed by atoms with Crippen molar-refractivity contribution in [1.29, 1.82) is 0 Å². The topological polar surface area (TPSA) is 29.0 Å². The highest BCUT2D eigenvalue weighted by atomic mass is 35.5. The summed E-state index contributed by atoms with van der Waals surface area (Å²) in [6.45, 7) is 0. The third-order valence-corrected chi connectivity index (χ3v) is 3.39. The highest BCUT2D eigenvalue weighted by molar-refractivity contribution is 6.29. The Hall–Kier alpha value is -2.39. The zero-order chi connectivity index (χ0) is 14.7. The number of para-hydroxylation sites is 1. The molecule has 2 aromatic carbocycles. The van der Waals surface area contributed by atoms with E-state index < -0.39 is 0 Å². The summed E-state index contributed by atoms with van der Waals surface area (Å²) >= 11 is 6.15. The molecule has 1 heterocycles. The van der Waals surface area contributed by atoms with Gasteiger partial charge < -0.3 is 4.90 Å². The van der Waals surface area contributed by atoms with Gasteiger partial charge in [-0.1, -0.05) is 60.1 Å². The molecule has 0 aliphatic heterocycles. The molecule has 3 nitrogen and oxygen atoms in total. The van der Waals surface area contributed by atoms with E-state index >= 15 is 0 Å². The third kappa shape index (κ3) is 3.03. The predicted octanol–water partition coefficient (Wildman–Crippen LogP) is 4.56. The average Bonchev–Trinajstić information content (AvgIpc) is 2.55. The van der Waals surface area contributed by atoms with Crippen molar-refractivity contribution >= 4 is 23.1 Å². The maximum atomic E-state index is 6.15.